The van der Waals surface area contributed by atoms with Crippen LogP contribution >= 0.6 is 0 Å². The zero-order chi connectivity index (χ0) is 11.5. The van der Waals surface area contributed by atoms with E-state index in [1.807, 2.05) is 4.90 Å². The summed E-state index contributed by atoms with van der Waals surface area (Å²) in [4.78, 5) is 1.89. The van der Waals surface area contributed by atoms with Crippen molar-refractivity contribution in [2.75, 3.05) is 31.1 Å². The highest BCUT2D eigenvalue weighted by Crippen LogP contribution is 2.10. The molecule has 5 nitrogen and oxygen atoms in total. The zero-order valence-corrected chi connectivity index (χ0v) is 9.78. The topological polar surface area (TPSA) is 77.8 Å². The molecular weight excluding hydrogens is 218 g/mol. The maximum atomic E-state index is 11.2. The van der Waals surface area contributed by atoms with E-state index < -0.39 is 22.0 Å². The van der Waals surface area contributed by atoms with Gasteiger partial charge in [0.15, 0.2) is 0 Å². The van der Waals surface area contributed by atoms with E-state index >= 15 is 0 Å². The summed E-state index contributed by atoms with van der Waals surface area (Å²) in [5.41, 5.74) is 0. The Balaban J connectivity index is 2.22. The Morgan fingerprint density at radius 2 is 1.80 bits per heavy atom. The average molecular weight is 237 g/mol. The summed E-state index contributed by atoms with van der Waals surface area (Å²) in [6, 6.07) is 0. The van der Waals surface area contributed by atoms with E-state index in [1.54, 1.807) is 6.92 Å². The van der Waals surface area contributed by atoms with Crippen molar-refractivity contribution < 1.29 is 18.6 Å². The summed E-state index contributed by atoms with van der Waals surface area (Å²) < 4.78 is 22.4. The molecule has 15 heavy (non-hydrogen) atoms. The summed E-state index contributed by atoms with van der Waals surface area (Å²) in [5, 5.41) is 18.5. The van der Waals surface area contributed by atoms with Gasteiger partial charge in [0.1, 0.15) is 9.84 Å². The molecule has 0 aromatic rings. The molecule has 1 aliphatic rings. The van der Waals surface area contributed by atoms with Gasteiger partial charge in [-0.05, 0) is 13.0 Å². The molecule has 1 heterocycles. The van der Waals surface area contributed by atoms with Crippen molar-refractivity contribution in [3.63, 3.8) is 0 Å². The molecule has 0 aromatic carbocycles. The van der Waals surface area contributed by atoms with Gasteiger partial charge < -0.3 is 10.2 Å². The van der Waals surface area contributed by atoms with Crippen molar-refractivity contribution in [2.45, 2.75) is 25.6 Å². The fourth-order valence-corrected chi connectivity index (χ4v) is 2.54. The molecule has 6 heteroatoms. The van der Waals surface area contributed by atoms with Crippen LogP contribution in [0.4, 0.5) is 0 Å². The molecule has 0 aromatic heterocycles. The minimum absolute atomic E-state index is 0.179. The smallest absolute Gasteiger partial charge is 0.150 e. The largest absolute Gasteiger partial charge is 0.389 e. The maximum absolute atomic E-state index is 11.2. The van der Waals surface area contributed by atoms with Crippen LogP contribution in [0.25, 0.3) is 0 Å². The zero-order valence-electron chi connectivity index (χ0n) is 8.96. The number of likely N-dealkylation sites (tertiary alicyclic amines) is 1. The highest BCUT2D eigenvalue weighted by atomic mass is 32.2. The first kappa shape index (κ1) is 12.9. The molecule has 0 radical (unpaired) electrons. The summed E-state index contributed by atoms with van der Waals surface area (Å²) in [7, 11) is -2.89. The number of nitrogens with zero attached hydrogens (tertiary/aromatic N) is 1. The molecule has 0 spiro atoms. The van der Waals surface area contributed by atoms with Crippen LogP contribution in [0.2, 0.25) is 0 Å². The lowest BCUT2D eigenvalue weighted by Crippen LogP contribution is -2.25. The molecule has 0 aliphatic carbocycles. The first-order valence-electron chi connectivity index (χ1n) is 5.23. The number of hydrogen-bond donors (Lipinski definition) is 2. The van der Waals surface area contributed by atoms with Crippen LogP contribution in [0.15, 0.2) is 0 Å². The van der Waals surface area contributed by atoms with Gasteiger partial charge in [0.2, 0.25) is 0 Å². The van der Waals surface area contributed by atoms with Gasteiger partial charge in [0.05, 0.1) is 18.0 Å². The van der Waals surface area contributed by atoms with Crippen molar-refractivity contribution in [3.05, 3.63) is 0 Å². The molecule has 0 amide bonds. The van der Waals surface area contributed by atoms with Crippen LogP contribution in [0.1, 0.15) is 13.3 Å². The lowest BCUT2D eigenvalue weighted by atomic mass is 10.3. The second-order valence-electron chi connectivity index (χ2n) is 3.98. The molecule has 1 fully saturated rings. The molecule has 90 valence electrons. The Bertz CT molecular complexity index is 280. The molecule has 1 saturated heterocycles. The van der Waals surface area contributed by atoms with E-state index in [0.717, 1.165) is 0 Å². The van der Waals surface area contributed by atoms with Gasteiger partial charge in [0.25, 0.3) is 0 Å². The Labute approximate surface area is 90.6 Å². The Hall–Kier alpha value is -0.170. The van der Waals surface area contributed by atoms with Crippen molar-refractivity contribution in [2.24, 2.45) is 0 Å². The van der Waals surface area contributed by atoms with Gasteiger partial charge in [0, 0.05) is 18.8 Å². The third-order valence-electron chi connectivity index (χ3n) is 2.70. The molecular formula is C9H19NO4S. The first-order chi connectivity index (χ1) is 6.94. The van der Waals surface area contributed by atoms with E-state index in [2.05, 4.69) is 0 Å². The predicted molar refractivity (Wildman–Crippen MR) is 57.4 cm³/mol. The third-order valence-corrected chi connectivity index (χ3v) is 4.49. The Kier molecular flexibility index (Phi) is 4.51. The summed E-state index contributed by atoms with van der Waals surface area (Å²) in [6.45, 7) is 3.13. The van der Waals surface area contributed by atoms with Crippen LogP contribution in [0, 0.1) is 0 Å². The molecule has 0 saturated carbocycles. The highest BCUT2D eigenvalue weighted by molar-refractivity contribution is 7.91. The van der Waals surface area contributed by atoms with Crippen molar-refractivity contribution in [1.29, 1.82) is 0 Å². The van der Waals surface area contributed by atoms with Crippen molar-refractivity contribution in [1.82, 2.24) is 4.90 Å². The molecule has 2 atom stereocenters. The highest BCUT2D eigenvalue weighted by Gasteiger charge is 2.28. The lowest BCUT2D eigenvalue weighted by molar-refractivity contribution is 0.0572. The maximum Gasteiger partial charge on any atom is 0.150 e. The minimum atomic E-state index is -2.89. The quantitative estimate of drug-likeness (QED) is 0.631. The van der Waals surface area contributed by atoms with E-state index in [4.69, 9.17) is 0 Å². The van der Waals surface area contributed by atoms with Gasteiger partial charge in [-0.25, -0.2) is 8.42 Å². The first-order valence-corrected chi connectivity index (χ1v) is 7.05. The molecule has 1 rings (SSSR count). The number of hydrogen-bond acceptors (Lipinski definition) is 5. The van der Waals surface area contributed by atoms with Crippen molar-refractivity contribution >= 4 is 9.84 Å². The van der Waals surface area contributed by atoms with Crippen LogP contribution in [0.5, 0.6) is 0 Å². The number of aliphatic hydroxyl groups excluding tert-OH is 2. The molecule has 2 unspecified atom stereocenters. The number of aliphatic hydroxyl groups is 2. The van der Waals surface area contributed by atoms with Crippen LogP contribution in [0.3, 0.4) is 0 Å². The fraction of sp³-hybridized carbons (Fsp3) is 1.00. The van der Waals surface area contributed by atoms with Crippen LogP contribution in [-0.4, -0.2) is 66.9 Å². The van der Waals surface area contributed by atoms with Gasteiger partial charge in [-0.15, -0.1) is 0 Å². The second-order valence-corrected chi connectivity index (χ2v) is 6.46. The molecule has 2 N–H and O–H groups in total. The average Bonchev–Trinajstić information content (AvgIpc) is 2.46. The van der Waals surface area contributed by atoms with E-state index in [9.17, 15) is 18.6 Å². The number of β-amino-alcohol motifs (C(OH)–C–C–N with tert-alkyl or cyclic N) is 2. The standard InChI is InChI=1S/C9H19NO4S/c1-2-15(13,14)5-3-4-10-6-8(11)9(12)7-10/h8-9,11-12H,2-7H2,1H3. The Morgan fingerprint density at radius 1 is 1.27 bits per heavy atom. The van der Waals surface area contributed by atoms with E-state index in [-0.39, 0.29) is 11.5 Å². The molecule has 1 aliphatic heterocycles. The SMILES string of the molecule is CCS(=O)(=O)CCCN1CC(O)C(O)C1. The number of rotatable bonds is 5. The van der Waals surface area contributed by atoms with Gasteiger partial charge in [-0.3, -0.25) is 4.90 Å². The van der Waals surface area contributed by atoms with Gasteiger partial charge >= 0.3 is 0 Å². The monoisotopic (exact) mass is 237 g/mol. The Morgan fingerprint density at radius 3 is 2.27 bits per heavy atom. The van der Waals surface area contributed by atoms with Gasteiger partial charge in [-0.2, -0.15) is 0 Å². The fourth-order valence-electron chi connectivity index (χ4n) is 1.68. The van der Waals surface area contributed by atoms with Crippen molar-refractivity contribution in [3.8, 4) is 0 Å². The van der Waals surface area contributed by atoms with E-state index in [1.165, 1.54) is 0 Å². The lowest BCUT2D eigenvalue weighted by Gasteiger charge is -2.13. The summed E-state index contributed by atoms with van der Waals surface area (Å²) in [6.07, 6.45) is -0.809. The minimum Gasteiger partial charge on any atom is -0.389 e. The predicted octanol–water partition coefficient (Wildman–Crippen LogP) is -1.15. The van der Waals surface area contributed by atoms with Crippen LogP contribution < -0.4 is 0 Å². The normalized spacial score (nSPS) is 28.5. The second kappa shape index (κ2) is 5.25. The van der Waals surface area contributed by atoms with Crippen LogP contribution in [-0.2, 0) is 9.84 Å². The molecule has 0 bridgehead atoms. The summed E-state index contributed by atoms with van der Waals surface area (Å²) >= 11 is 0. The third kappa shape index (κ3) is 4.06. The van der Waals surface area contributed by atoms with E-state index in [0.29, 0.717) is 26.1 Å². The number of sulfone groups is 1. The van der Waals surface area contributed by atoms with Gasteiger partial charge in [-0.1, -0.05) is 6.92 Å². The summed E-state index contributed by atoms with van der Waals surface area (Å²) in [5.74, 6) is 0.366.